The summed E-state index contributed by atoms with van der Waals surface area (Å²) in [5, 5.41) is 7.36. The molecule has 0 radical (unpaired) electrons. The molecule has 1 fully saturated rings. The predicted molar refractivity (Wildman–Crippen MR) is 152 cm³/mol. The first-order valence-corrected chi connectivity index (χ1v) is 13.0. The van der Waals surface area contributed by atoms with Crippen molar-refractivity contribution in [3.63, 3.8) is 0 Å². The fourth-order valence-corrected chi connectivity index (χ4v) is 4.42. The van der Waals surface area contributed by atoms with E-state index in [0.717, 1.165) is 52.6 Å². The summed E-state index contributed by atoms with van der Waals surface area (Å²) >= 11 is 0. The number of aromatic nitrogens is 3. The van der Waals surface area contributed by atoms with Gasteiger partial charge in [-0.2, -0.15) is 0 Å². The molecule has 38 heavy (non-hydrogen) atoms. The van der Waals surface area contributed by atoms with Crippen LogP contribution in [0.2, 0.25) is 0 Å². The molecule has 0 unspecified atom stereocenters. The molecule has 1 amide bonds. The van der Waals surface area contributed by atoms with Gasteiger partial charge in [-0.15, -0.1) is 0 Å². The number of amides is 1. The van der Waals surface area contributed by atoms with Gasteiger partial charge in [0.15, 0.2) is 0 Å². The first kappa shape index (κ1) is 25.4. The highest BCUT2D eigenvalue weighted by atomic mass is 16.5. The normalized spacial score (nSPS) is 13.5. The number of fused-ring (bicyclic) bond motifs is 1. The zero-order chi connectivity index (χ0) is 26.7. The van der Waals surface area contributed by atoms with Gasteiger partial charge in [0.2, 0.25) is 0 Å². The van der Waals surface area contributed by atoms with E-state index in [1.807, 2.05) is 43.5 Å². The van der Waals surface area contributed by atoms with E-state index in [1.165, 1.54) is 12.8 Å². The Hall–Kier alpha value is -4.20. The van der Waals surface area contributed by atoms with Crippen molar-refractivity contribution in [2.45, 2.75) is 40.5 Å². The Kier molecular flexibility index (Phi) is 7.13. The van der Waals surface area contributed by atoms with Gasteiger partial charge < -0.3 is 20.3 Å². The molecule has 2 aromatic heterocycles. The Morgan fingerprint density at radius 1 is 1.03 bits per heavy atom. The number of ether oxygens (including phenoxy) is 1. The summed E-state index contributed by atoms with van der Waals surface area (Å²) in [5.41, 5.74) is 3.23. The Morgan fingerprint density at radius 2 is 1.84 bits per heavy atom. The van der Waals surface area contributed by atoms with Crippen molar-refractivity contribution in [3.05, 3.63) is 72.2 Å². The van der Waals surface area contributed by atoms with E-state index in [9.17, 15) is 4.79 Å². The second-order valence-electron chi connectivity index (χ2n) is 11.0. The van der Waals surface area contributed by atoms with Crippen LogP contribution in [0, 0.1) is 12.3 Å². The Labute approximate surface area is 223 Å². The van der Waals surface area contributed by atoms with Crippen molar-refractivity contribution in [2.24, 2.45) is 5.41 Å². The molecule has 0 aliphatic carbocycles. The van der Waals surface area contributed by atoms with Crippen molar-refractivity contribution >= 4 is 34.1 Å². The summed E-state index contributed by atoms with van der Waals surface area (Å²) < 4.78 is 6.15. The molecule has 196 valence electrons. The van der Waals surface area contributed by atoms with Gasteiger partial charge in [0.05, 0.1) is 11.7 Å². The molecule has 1 saturated heterocycles. The van der Waals surface area contributed by atoms with E-state index in [4.69, 9.17) is 4.74 Å². The van der Waals surface area contributed by atoms with E-state index in [-0.39, 0.29) is 11.3 Å². The third-order valence-electron chi connectivity index (χ3n) is 6.48. The number of hydrogen-bond acceptors (Lipinski definition) is 7. The Bertz CT molecular complexity index is 1460. The molecule has 0 spiro atoms. The van der Waals surface area contributed by atoms with Crippen molar-refractivity contribution in [2.75, 3.05) is 29.9 Å². The van der Waals surface area contributed by atoms with Crippen LogP contribution in [-0.2, 0) is 0 Å². The fourth-order valence-electron chi connectivity index (χ4n) is 4.42. The van der Waals surface area contributed by atoms with Crippen LogP contribution < -0.4 is 20.3 Å². The van der Waals surface area contributed by atoms with Gasteiger partial charge in [-0.25, -0.2) is 15.0 Å². The van der Waals surface area contributed by atoms with Gasteiger partial charge in [-0.3, -0.25) is 4.79 Å². The molecule has 3 heterocycles. The molecule has 8 nitrogen and oxygen atoms in total. The van der Waals surface area contributed by atoms with E-state index in [1.54, 1.807) is 18.5 Å². The maximum Gasteiger partial charge on any atom is 0.251 e. The molecule has 2 aromatic carbocycles. The average Bonchev–Trinajstić information content (AvgIpc) is 3.44. The first-order chi connectivity index (χ1) is 18.2. The zero-order valence-corrected chi connectivity index (χ0v) is 22.4. The number of carbonyl (C=O) groups is 1. The van der Waals surface area contributed by atoms with Crippen LogP contribution in [0.25, 0.3) is 10.9 Å². The van der Waals surface area contributed by atoms with Gasteiger partial charge in [-0.05, 0) is 73.2 Å². The van der Waals surface area contributed by atoms with Crippen LogP contribution in [0.15, 0.2) is 61.1 Å². The van der Waals surface area contributed by atoms with Crippen LogP contribution in [0.5, 0.6) is 11.5 Å². The SMILES string of the molecule is Cc1cc(Nc2ncnc3cnc(N4CCCC4)cc23)ccc1Oc1cccc(C(=O)NCC(C)(C)C)c1. The molecule has 1 aliphatic rings. The number of pyridine rings is 1. The standard InChI is InChI=1S/C30H34N6O2/c1-20-14-22(35-28-24-16-27(36-12-5-6-13-36)31-17-25(24)33-19-34-28)10-11-26(20)38-23-9-7-8-21(15-23)29(37)32-18-30(2,3)4/h7-11,14-17,19H,5-6,12-13,18H2,1-4H3,(H,32,37)(H,33,34,35). The molecule has 0 bridgehead atoms. The van der Waals surface area contributed by atoms with Crippen LogP contribution in [-0.4, -0.2) is 40.5 Å². The van der Waals surface area contributed by atoms with E-state index < -0.39 is 0 Å². The third-order valence-corrected chi connectivity index (χ3v) is 6.48. The summed E-state index contributed by atoms with van der Waals surface area (Å²) in [4.78, 5) is 28.4. The van der Waals surface area contributed by atoms with Gasteiger partial charge >= 0.3 is 0 Å². The lowest BCUT2D eigenvalue weighted by Gasteiger charge is -2.19. The molecule has 5 rings (SSSR count). The number of benzene rings is 2. The summed E-state index contributed by atoms with van der Waals surface area (Å²) in [7, 11) is 0. The molecular weight excluding hydrogens is 476 g/mol. The number of anilines is 3. The minimum Gasteiger partial charge on any atom is -0.457 e. The number of hydrogen-bond donors (Lipinski definition) is 2. The summed E-state index contributed by atoms with van der Waals surface area (Å²) in [6.07, 6.45) is 5.75. The maximum atomic E-state index is 12.6. The third kappa shape index (κ3) is 6.02. The lowest BCUT2D eigenvalue weighted by atomic mass is 9.97. The smallest absolute Gasteiger partial charge is 0.251 e. The van der Waals surface area contributed by atoms with Crippen molar-refractivity contribution in [1.82, 2.24) is 20.3 Å². The zero-order valence-electron chi connectivity index (χ0n) is 22.4. The minimum atomic E-state index is -0.109. The second-order valence-corrected chi connectivity index (χ2v) is 11.0. The highest BCUT2D eigenvalue weighted by Crippen LogP contribution is 2.31. The number of rotatable bonds is 7. The molecule has 2 N–H and O–H groups in total. The highest BCUT2D eigenvalue weighted by molar-refractivity contribution is 5.94. The van der Waals surface area contributed by atoms with Gasteiger partial charge in [0.1, 0.15) is 29.5 Å². The number of nitrogens with zero attached hydrogens (tertiary/aromatic N) is 4. The summed E-state index contributed by atoms with van der Waals surface area (Å²) in [5.74, 6) is 2.92. The maximum absolute atomic E-state index is 12.6. The van der Waals surface area contributed by atoms with E-state index in [2.05, 4.69) is 57.3 Å². The molecule has 1 aliphatic heterocycles. The topological polar surface area (TPSA) is 92.3 Å². The minimum absolute atomic E-state index is 0.0157. The van der Waals surface area contributed by atoms with E-state index >= 15 is 0 Å². The van der Waals surface area contributed by atoms with E-state index in [0.29, 0.717) is 17.9 Å². The quantitative estimate of drug-likeness (QED) is 0.304. The average molecular weight is 511 g/mol. The predicted octanol–water partition coefficient (Wildman–Crippen LogP) is 6.25. The van der Waals surface area contributed by atoms with Crippen molar-refractivity contribution in [1.29, 1.82) is 0 Å². The molecular formula is C30H34N6O2. The molecule has 0 saturated carbocycles. The lowest BCUT2D eigenvalue weighted by molar-refractivity contribution is 0.0939. The first-order valence-electron chi connectivity index (χ1n) is 13.0. The van der Waals surface area contributed by atoms with Crippen LogP contribution in [0.4, 0.5) is 17.3 Å². The molecule has 0 atom stereocenters. The highest BCUT2D eigenvalue weighted by Gasteiger charge is 2.16. The van der Waals surface area contributed by atoms with Crippen LogP contribution >= 0.6 is 0 Å². The van der Waals surface area contributed by atoms with Crippen molar-refractivity contribution in [3.8, 4) is 11.5 Å². The van der Waals surface area contributed by atoms with Crippen LogP contribution in [0.3, 0.4) is 0 Å². The largest absolute Gasteiger partial charge is 0.457 e. The lowest BCUT2D eigenvalue weighted by Crippen LogP contribution is -2.32. The van der Waals surface area contributed by atoms with Gasteiger partial charge in [-0.1, -0.05) is 26.8 Å². The molecule has 4 aromatic rings. The second kappa shape index (κ2) is 10.7. The van der Waals surface area contributed by atoms with Crippen LogP contribution in [0.1, 0.15) is 49.5 Å². The van der Waals surface area contributed by atoms with Crippen molar-refractivity contribution < 1.29 is 9.53 Å². The van der Waals surface area contributed by atoms with Gasteiger partial charge in [0.25, 0.3) is 5.91 Å². The summed E-state index contributed by atoms with van der Waals surface area (Å²) in [6, 6.07) is 15.2. The number of aryl methyl sites for hydroxylation is 1. The number of nitrogens with one attached hydrogen (secondary N) is 2. The number of carbonyl (C=O) groups excluding carboxylic acids is 1. The monoisotopic (exact) mass is 510 g/mol. The Morgan fingerprint density at radius 3 is 2.61 bits per heavy atom. The molecule has 8 heteroatoms. The van der Waals surface area contributed by atoms with Gasteiger partial charge in [0, 0.05) is 36.3 Å². The summed E-state index contributed by atoms with van der Waals surface area (Å²) in [6.45, 7) is 10.9. The fraction of sp³-hybridized carbons (Fsp3) is 0.333. The Balaban J connectivity index is 1.31.